The minimum atomic E-state index is -3.74. The maximum absolute atomic E-state index is 12.1. The summed E-state index contributed by atoms with van der Waals surface area (Å²) < 4.78 is 22.3. The van der Waals surface area contributed by atoms with Crippen molar-refractivity contribution >= 4 is 48.6 Å². The zero-order valence-corrected chi connectivity index (χ0v) is 13.8. The molecule has 1 unspecified atom stereocenters. The zero-order valence-electron chi connectivity index (χ0n) is 11.5. The van der Waals surface area contributed by atoms with Gasteiger partial charge in [-0.05, 0) is 18.6 Å². The van der Waals surface area contributed by atoms with Crippen LogP contribution in [0.25, 0.3) is 0 Å². The van der Waals surface area contributed by atoms with E-state index in [1.54, 1.807) is 6.92 Å². The maximum Gasteiger partial charge on any atom is 0.294 e. The van der Waals surface area contributed by atoms with E-state index < -0.39 is 19.9 Å². The van der Waals surface area contributed by atoms with Gasteiger partial charge in [0.2, 0.25) is 15.0 Å². The molecule has 120 valence electrons. The summed E-state index contributed by atoms with van der Waals surface area (Å²) in [5.41, 5.74) is 0.337. The van der Waals surface area contributed by atoms with Gasteiger partial charge in [0.05, 0.1) is 10.7 Å². The van der Waals surface area contributed by atoms with Gasteiger partial charge in [0.25, 0.3) is 5.69 Å². The molecule has 7 nitrogen and oxygen atoms in total. The first-order chi connectivity index (χ1) is 10.1. The molecular formula is C12H12Cl2N2O5S. The van der Waals surface area contributed by atoms with Gasteiger partial charge >= 0.3 is 0 Å². The minimum Gasteiger partial charge on any atom is -0.306 e. The van der Waals surface area contributed by atoms with Crippen molar-refractivity contribution in [3.63, 3.8) is 0 Å². The molecule has 1 heterocycles. The second-order valence-electron chi connectivity index (χ2n) is 5.13. The van der Waals surface area contributed by atoms with Crippen molar-refractivity contribution in [1.82, 2.24) is 0 Å². The molecule has 1 aromatic rings. The maximum atomic E-state index is 12.1. The quantitative estimate of drug-likeness (QED) is 0.463. The van der Waals surface area contributed by atoms with E-state index in [0.717, 1.165) is 0 Å². The Morgan fingerprint density at radius 1 is 1.45 bits per heavy atom. The molecule has 0 bridgehead atoms. The van der Waals surface area contributed by atoms with Gasteiger partial charge in [0.15, 0.2) is 0 Å². The lowest BCUT2D eigenvalue weighted by molar-refractivity contribution is -0.384. The smallest absolute Gasteiger partial charge is 0.294 e. The molecule has 2 rings (SSSR count). The lowest BCUT2D eigenvalue weighted by Crippen LogP contribution is -2.27. The number of anilines is 1. The van der Waals surface area contributed by atoms with Gasteiger partial charge in [0, 0.05) is 40.7 Å². The van der Waals surface area contributed by atoms with E-state index in [1.165, 1.54) is 17.0 Å². The summed E-state index contributed by atoms with van der Waals surface area (Å²) in [6.07, 6.45) is -0.0226. The summed E-state index contributed by atoms with van der Waals surface area (Å²) in [5.74, 6) is -1.22. The number of benzene rings is 1. The number of hydrogen-bond donors (Lipinski definition) is 0. The summed E-state index contributed by atoms with van der Waals surface area (Å²) in [6.45, 7) is 1.67. The Hall–Kier alpha value is -1.38. The largest absolute Gasteiger partial charge is 0.306 e. The molecule has 1 saturated heterocycles. The Balaban J connectivity index is 2.40. The van der Waals surface area contributed by atoms with Gasteiger partial charge in [-0.3, -0.25) is 14.9 Å². The first-order valence-corrected chi connectivity index (χ1v) is 9.11. The van der Waals surface area contributed by atoms with Crippen LogP contribution in [0, 0.1) is 23.0 Å². The van der Waals surface area contributed by atoms with Crippen molar-refractivity contribution in [2.45, 2.75) is 13.3 Å². The van der Waals surface area contributed by atoms with Gasteiger partial charge in [-0.1, -0.05) is 11.6 Å². The number of carbonyl (C=O) groups is 1. The Morgan fingerprint density at radius 3 is 2.64 bits per heavy atom. The number of hydrogen-bond acceptors (Lipinski definition) is 5. The van der Waals surface area contributed by atoms with Crippen LogP contribution in [-0.4, -0.2) is 31.5 Å². The molecular weight excluding hydrogens is 355 g/mol. The monoisotopic (exact) mass is 366 g/mol. The molecule has 22 heavy (non-hydrogen) atoms. The van der Waals surface area contributed by atoms with Crippen molar-refractivity contribution in [2.75, 3.05) is 17.2 Å². The first-order valence-electron chi connectivity index (χ1n) is 6.25. The average Bonchev–Trinajstić information content (AvgIpc) is 2.66. The molecule has 1 amide bonds. The fraction of sp³-hybridized carbons (Fsp3) is 0.417. The second-order valence-corrected chi connectivity index (χ2v) is 8.39. The van der Waals surface area contributed by atoms with Crippen LogP contribution in [0.3, 0.4) is 0 Å². The predicted octanol–water partition coefficient (Wildman–Crippen LogP) is 2.48. The molecule has 0 saturated carbocycles. The Kier molecular flexibility index (Phi) is 4.65. The van der Waals surface area contributed by atoms with Crippen LogP contribution in [0.15, 0.2) is 12.1 Å². The third kappa shape index (κ3) is 3.68. The van der Waals surface area contributed by atoms with E-state index in [9.17, 15) is 23.3 Å². The molecule has 1 aliphatic heterocycles. The summed E-state index contributed by atoms with van der Waals surface area (Å²) in [7, 11) is 1.46. The van der Waals surface area contributed by atoms with Crippen LogP contribution in [0.1, 0.15) is 12.0 Å². The topological polar surface area (TPSA) is 97.6 Å². The number of rotatable bonds is 4. The van der Waals surface area contributed by atoms with Crippen molar-refractivity contribution in [2.24, 2.45) is 5.92 Å². The second kappa shape index (κ2) is 6.02. The summed E-state index contributed by atoms with van der Waals surface area (Å²) >= 11 is 5.82. The highest BCUT2D eigenvalue weighted by molar-refractivity contribution is 8.13. The van der Waals surface area contributed by atoms with Crippen LogP contribution in [-0.2, 0) is 13.8 Å². The zero-order chi connectivity index (χ0) is 16.7. The normalized spacial score (nSPS) is 18.8. The molecule has 1 aliphatic rings. The van der Waals surface area contributed by atoms with Crippen LogP contribution in [0.4, 0.5) is 11.4 Å². The molecule has 1 aromatic carbocycles. The molecule has 10 heteroatoms. The SMILES string of the molecule is Cc1cc(Cl)cc([N+](=O)[O-])c1N1CC(CS(=O)(=O)Cl)CC1=O. The third-order valence-corrected chi connectivity index (χ3v) is 4.82. The molecule has 0 radical (unpaired) electrons. The van der Waals surface area contributed by atoms with E-state index in [4.69, 9.17) is 22.3 Å². The molecule has 1 fully saturated rings. The lowest BCUT2D eigenvalue weighted by Gasteiger charge is -2.19. The highest BCUT2D eigenvalue weighted by Crippen LogP contribution is 2.38. The summed E-state index contributed by atoms with van der Waals surface area (Å²) in [5, 5.41) is 11.4. The van der Waals surface area contributed by atoms with Crippen molar-refractivity contribution in [1.29, 1.82) is 0 Å². The van der Waals surface area contributed by atoms with Gasteiger partial charge in [0.1, 0.15) is 5.69 Å². The van der Waals surface area contributed by atoms with E-state index in [1.807, 2.05) is 0 Å². The molecule has 0 aromatic heterocycles. The van der Waals surface area contributed by atoms with Crippen molar-refractivity contribution < 1.29 is 18.1 Å². The van der Waals surface area contributed by atoms with Gasteiger partial charge in [-0.2, -0.15) is 0 Å². The first kappa shape index (κ1) is 17.0. The van der Waals surface area contributed by atoms with Crippen molar-refractivity contribution in [3.05, 3.63) is 32.8 Å². The van der Waals surface area contributed by atoms with E-state index in [0.29, 0.717) is 5.56 Å². The predicted molar refractivity (Wildman–Crippen MR) is 82.9 cm³/mol. The number of halogens is 2. The molecule has 0 spiro atoms. The van der Waals surface area contributed by atoms with Crippen molar-refractivity contribution in [3.8, 4) is 0 Å². The average molecular weight is 367 g/mol. The van der Waals surface area contributed by atoms with Crippen LogP contribution >= 0.6 is 22.3 Å². The van der Waals surface area contributed by atoms with Gasteiger partial charge in [-0.15, -0.1) is 0 Å². The lowest BCUT2D eigenvalue weighted by atomic mass is 10.1. The fourth-order valence-electron chi connectivity index (χ4n) is 2.60. The van der Waals surface area contributed by atoms with E-state index in [2.05, 4.69) is 0 Å². The fourth-order valence-corrected chi connectivity index (χ4v) is 4.19. The Bertz CT molecular complexity index is 750. The Morgan fingerprint density at radius 2 is 2.09 bits per heavy atom. The number of carbonyl (C=O) groups excluding carboxylic acids is 1. The van der Waals surface area contributed by atoms with Gasteiger partial charge < -0.3 is 4.90 Å². The highest BCUT2D eigenvalue weighted by Gasteiger charge is 2.37. The van der Waals surface area contributed by atoms with Crippen LogP contribution < -0.4 is 4.90 Å². The number of amides is 1. The standard InChI is InChI=1S/C12H12Cl2N2O5S/c1-7-2-9(13)4-10(16(18)19)12(7)15-5-8(3-11(15)17)6-22(14,20)21/h2,4,8H,3,5-6H2,1H3. The van der Waals surface area contributed by atoms with E-state index in [-0.39, 0.29) is 41.0 Å². The van der Waals surface area contributed by atoms with Crippen LogP contribution in [0.2, 0.25) is 5.02 Å². The number of nitro benzene ring substituents is 1. The summed E-state index contributed by atoms with van der Waals surface area (Å²) in [6, 6.07) is 2.69. The molecule has 0 aliphatic carbocycles. The number of aryl methyl sites for hydroxylation is 1. The third-order valence-electron chi connectivity index (χ3n) is 3.35. The van der Waals surface area contributed by atoms with Gasteiger partial charge in [-0.25, -0.2) is 8.42 Å². The minimum absolute atomic E-state index is 0.0226. The molecule has 0 N–H and O–H groups in total. The molecule has 1 atom stereocenters. The van der Waals surface area contributed by atoms with Crippen LogP contribution in [0.5, 0.6) is 0 Å². The number of nitro groups is 1. The number of nitrogens with zero attached hydrogens (tertiary/aromatic N) is 2. The highest BCUT2D eigenvalue weighted by atomic mass is 35.7. The van der Waals surface area contributed by atoms with E-state index >= 15 is 0 Å². The Labute approximate surface area is 136 Å². The summed E-state index contributed by atoms with van der Waals surface area (Å²) in [4.78, 5) is 23.9.